The fourth-order valence-electron chi connectivity index (χ4n) is 5.90. The number of hydrogen-bond acceptors (Lipinski definition) is 4. The molecule has 0 aliphatic heterocycles. The molecule has 8 aromatic rings. The van der Waals surface area contributed by atoms with E-state index in [9.17, 15) is 0 Å². The number of pyridine rings is 1. The van der Waals surface area contributed by atoms with Crippen LogP contribution in [-0.2, 0) is 0 Å². The van der Waals surface area contributed by atoms with Gasteiger partial charge in [0, 0.05) is 32.8 Å². The van der Waals surface area contributed by atoms with Gasteiger partial charge in [0.2, 0.25) is 5.71 Å². The molecule has 0 saturated heterocycles. The first kappa shape index (κ1) is 21.2. The SMILES string of the molecule is Cc1ccc2c(n1)oc1c(-c3nc4ccccc4n3-c3c(C)cc4c(oc5ccccc54)c3C)cccc12. The fraction of sp³-hybridized carbons (Fsp3) is 0.0909. The van der Waals surface area contributed by atoms with E-state index < -0.39 is 0 Å². The van der Waals surface area contributed by atoms with E-state index in [4.69, 9.17) is 13.8 Å². The highest BCUT2D eigenvalue weighted by Gasteiger charge is 2.23. The number of nitrogens with zero attached hydrogens (tertiary/aromatic N) is 3. The molecular weight excluding hydrogens is 470 g/mol. The van der Waals surface area contributed by atoms with Crippen LogP contribution in [-0.4, -0.2) is 14.5 Å². The van der Waals surface area contributed by atoms with Crippen LogP contribution in [0.25, 0.3) is 72.1 Å². The topological polar surface area (TPSA) is 57.0 Å². The summed E-state index contributed by atoms with van der Waals surface area (Å²) >= 11 is 0. The molecule has 4 heterocycles. The van der Waals surface area contributed by atoms with Gasteiger partial charge in [-0.2, -0.15) is 0 Å². The minimum Gasteiger partial charge on any atom is -0.456 e. The average molecular weight is 494 g/mol. The molecule has 0 unspecified atom stereocenters. The Morgan fingerprint density at radius 3 is 2.39 bits per heavy atom. The second-order valence-electron chi connectivity index (χ2n) is 9.99. The third-order valence-corrected chi connectivity index (χ3v) is 7.59. The molecule has 0 bridgehead atoms. The zero-order valence-electron chi connectivity index (χ0n) is 21.2. The van der Waals surface area contributed by atoms with E-state index in [-0.39, 0.29) is 0 Å². The second-order valence-corrected chi connectivity index (χ2v) is 9.99. The maximum absolute atomic E-state index is 6.40. The summed E-state index contributed by atoms with van der Waals surface area (Å²) in [4.78, 5) is 9.80. The third kappa shape index (κ3) is 2.81. The molecule has 0 aliphatic carbocycles. The monoisotopic (exact) mass is 493 g/mol. The number of hydrogen-bond donors (Lipinski definition) is 0. The molecule has 38 heavy (non-hydrogen) atoms. The van der Waals surface area contributed by atoms with Gasteiger partial charge in [-0.1, -0.05) is 42.5 Å². The van der Waals surface area contributed by atoms with Crippen molar-refractivity contribution in [2.75, 3.05) is 0 Å². The van der Waals surface area contributed by atoms with Crippen LogP contribution in [0.15, 0.2) is 93.8 Å². The first-order chi connectivity index (χ1) is 18.6. The molecule has 0 radical (unpaired) electrons. The first-order valence-corrected chi connectivity index (χ1v) is 12.8. The lowest BCUT2D eigenvalue weighted by atomic mass is 10.0. The summed E-state index contributed by atoms with van der Waals surface area (Å²) in [5.74, 6) is 0.828. The second kappa shape index (κ2) is 7.56. The number of aryl methyl sites for hydroxylation is 3. The molecule has 4 aromatic carbocycles. The minimum atomic E-state index is 0.645. The predicted octanol–water partition coefficient (Wildman–Crippen LogP) is 8.81. The standard InChI is InChI=1S/C33H23N3O2/c1-18-17-25-21-9-4-7-14-28(21)37-30(25)20(3)29(18)36-27-13-6-5-12-26(27)35-32(36)24-11-8-10-22-23-16-15-19(2)34-33(23)38-31(22)24/h4-17H,1-3H3. The Labute approximate surface area is 217 Å². The van der Waals surface area contributed by atoms with Crippen molar-refractivity contribution in [3.8, 4) is 17.1 Å². The van der Waals surface area contributed by atoms with E-state index in [1.165, 1.54) is 0 Å². The van der Waals surface area contributed by atoms with E-state index >= 15 is 0 Å². The van der Waals surface area contributed by atoms with Crippen molar-refractivity contribution in [2.24, 2.45) is 0 Å². The zero-order valence-corrected chi connectivity index (χ0v) is 21.2. The number of aromatic nitrogens is 3. The Morgan fingerprint density at radius 2 is 1.47 bits per heavy atom. The summed E-state index contributed by atoms with van der Waals surface area (Å²) in [6.07, 6.45) is 0. The van der Waals surface area contributed by atoms with Gasteiger partial charge in [-0.3, -0.25) is 4.57 Å². The van der Waals surface area contributed by atoms with Gasteiger partial charge in [0.05, 0.1) is 22.3 Å². The Balaban J connectivity index is 1.49. The smallest absolute Gasteiger partial charge is 0.227 e. The number of imidazole rings is 1. The van der Waals surface area contributed by atoms with Gasteiger partial charge in [0.1, 0.15) is 22.6 Å². The van der Waals surface area contributed by atoms with Crippen molar-refractivity contribution < 1.29 is 8.83 Å². The molecule has 182 valence electrons. The molecule has 0 aliphatic rings. The summed E-state index contributed by atoms with van der Waals surface area (Å²) in [6, 6.07) is 29.1. The van der Waals surface area contributed by atoms with Crippen LogP contribution in [0, 0.1) is 20.8 Å². The molecule has 5 heteroatoms. The summed E-state index contributed by atoms with van der Waals surface area (Å²) in [5, 5.41) is 4.30. The molecule has 0 saturated carbocycles. The van der Waals surface area contributed by atoms with Gasteiger partial charge < -0.3 is 8.83 Å². The molecule has 5 nitrogen and oxygen atoms in total. The van der Waals surface area contributed by atoms with Gasteiger partial charge in [-0.05, 0) is 68.8 Å². The molecule has 0 amide bonds. The Kier molecular flexibility index (Phi) is 4.22. The molecule has 4 aromatic heterocycles. The third-order valence-electron chi connectivity index (χ3n) is 7.59. The first-order valence-electron chi connectivity index (χ1n) is 12.8. The van der Waals surface area contributed by atoms with Crippen molar-refractivity contribution in [1.29, 1.82) is 0 Å². The van der Waals surface area contributed by atoms with Crippen molar-refractivity contribution in [1.82, 2.24) is 14.5 Å². The molecule has 0 atom stereocenters. The lowest BCUT2D eigenvalue weighted by Crippen LogP contribution is -2.03. The van der Waals surface area contributed by atoms with E-state index in [1.54, 1.807) is 0 Å². The van der Waals surface area contributed by atoms with Crippen LogP contribution < -0.4 is 0 Å². The number of benzene rings is 4. The molecule has 0 spiro atoms. The maximum atomic E-state index is 6.40. The van der Waals surface area contributed by atoms with Crippen LogP contribution in [0.1, 0.15) is 16.8 Å². The van der Waals surface area contributed by atoms with E-state index in [0.29, 0.717) is 5.71 Å². The highest BCUT2D eigenvalue weighted by atomic mass is 16.3. The van der Waals surface area contributed by atoms with E-state index in [2.05, 4.69) is 84.1 Å². The maximum Gasteiger partial charge on any atom is 0.227 e. The lowest BCUT2D eigenvalue weighted by molar-refractivity contribution is 0.653. The van der Waals surface area contributed by atoms with Gasteiger partial charge in [-0.25, -0.2) is 9.97 Å². The summed E-state index contributed by atoms with van der Waals surface area (Å²) < 4.78 is 15.0. The largest absolute Gasteiger partial charge is 0.456 e. The van der Waals surface area contributed by atoms with Crippen molar-refractivity contribution in [3.05, 3.63) is 102 Å². The predicted molar refractivity (Wildman–Crippen MR) is 153 cm³/mol. The van der Waals surface area contributed by atoms with Crippen LogP contribution >= 0.6 is 0 Å². The Morgan fingerprint density at radius 1 is 0.658 bits per heavy atom. The Hall–Kier alpha value is -4.90. The normalized spacial score (nSPS) is 12.1. The van der Waals surface area contributed by atoms with Crippen LogP contribution in [0.5, 0.6) is 0 Å². The van der Waals surface area contributed by atoms with Gasteiger partial charge in [0.25, 0.3) is 0 Å². The summed E-state index contributed by atoms with van der Waals surface area (Å²) in [7, 11) is 0. The highest BCUT2D eigenvalue weighted by molar-refractivity contribution is 6.09. The van der Waals surface area contributed by atoms with Gasteiger partial charge in [0.15, 0.2) is 0 Å². The van der Waals surface area contributed by atoms with Gasteiger partial charge in [-0.15, -0.1) is 0 Å². The minimum absolute atomic E-state index is 0.645. The zero-order chi connectivity index (χ0) is 25.5. The quantitative estimate of drug-likeness (QED) is 0.241. The number of para-hydroxylation sites is 4. The van der Waals surface area contributed by atoms with Crippen LogP contribution in [0.3, 0.4) is 0 Å². The highest BCUT2D eigenvalue weighted by Crippen LogP contribution is 2.41. The van der Waals surface area contributed by atoms with E-state index in [0.717, 1.165) is 83.2 Å². The summed E-state index contributed by atoms with van der Waals surface area (Å²) in [5.41, 5.74) is 10.3. The average Bonchev–Trinajstić information content (AvgIpc) is 3.60. The van der Waals surface area contributed by atoms with Crippen LogP contribution in [0.2, 0.25) is 0 Å². The van der Waals surface area contributed by atoms with Gasteiger partial charge >= 0.3 is 0 Å². The molecule has 8 rings (SSSR count). The molecular formula is C33H23N3O2. The summed E-state index contributed by atoms with van der Waals surface area (Å²) in [6.45, 7) is 6.28. The molecule has 0 fully saturated rings. The fourth-order valence-corrected chi connectivity index (χ4v) is 5.90. The van der Waals surface area contributed by atoms with Crippen LogP contribution in [0.4, 0.5) is 0 Å². The van der Waals surface area contributed by atoms with Crippen molar-refractivity contribution in [2.45, 2.75) is 20.8 Å². The van der Waals surface area contributed by atoms with Crippen molar-refractivity contribution in [3.63, 3.8) is 0 Å². The number of fused-ring (bicyclic) bond motifs is 7. The van der Waals surface area contributed by atoms with Crippen molar-refractivity contribution >= 4 is 55.0 Å². The number of furan rings is 2. The van der Waals surface area contributed by atoms with E-state index in [1.807, 2.05) is 31.2 Å². The molecule has 0 N–H and O–H groups in total. The number of rotatable bonds is 2. The lowest BCUT2D eigenvalue weighted by Gasteiger charge is -2.16. The Bertz CT molecular complexity index is 2230.